The number of hydrogen-bond donors (Lipinski definition) is 2. The minimum atomic E-state index is -3.81. The fourth-order valence-corrected chi connectivity index (χ4v) is 5.63. The Morgan fingerprint density at radius 1 is 1.12 bits per heavy atom. The molecular formula is C25H35N5O3S. The number of piperidine rings is 1. The number of benzene rings is 1. The van der Waals surface area contributed by atoms with E-state index in [1.165, 1.54) is 6.20 Å². The fraction of sp³-hybridized carbons (Fsp3) is 0.520. The van der Waals surface area contributed by atoms with E-state index in [1.54, 1.807) is 18.2 Å². The van der Waals surface area contributed by atoms with Gasteiger partial charge < -0.3 is 15.1 Å². The lowest BCUT2D eigenvalue weighted by Gasteiger charge is -2.35. The van der Waals surface area contributed by atoms with Gasteiger partial charge in [-0.1, -0.05) is 26.0 Å². The van der Waals surface area contributed by atoms with Gasteiger partial charge in [-0.05, 0) is 55.9 Å². The van der Waals surface area contributed by atoms with E-state index >= 15 is 0 Å². The number of aromatic nitrogens is 1. The zero-order chi connectivity index (χ0) is 24.3. The van der Waals surface area contributed by atoms with E-state index in [1.807, 2.05) is 17.0 Å². The summed E-state index contributed by atoms with van der Waals surface area (Å²) >= 11 is 0. The van der Waals surface area contributed by atoms with Crippen molar-refractivity contribution in [2.24, 2.45) is 0 Å². The zero-order valence-corrected chi connectivity index (χ0v) is 21.1. The number of likely N-dealkylation sites (tertiary alicyclic amines) is 1. The molecule has 0 spiro atoms. The maximum Gasteiger partial charge on any atom is 0.261 e. The van der Waals surface area contributed by atoms with Crippen molar-refractivity contribution in [1.29, 1.82) is 0 Å². The van der Waals surface area contributed by atoms with Crippen molar-refractivity contribution in [2.75, 3.05) is 42.3 Å². The van der Waals surface area contributed by atoms with E-state index in [4.69, 9.17) is 0 Å². The number of rotatable bonds is 6. The first-order valence-corrected chi connectivity index (χ1v) is 13.6. The molecule has 1 aromatic carbocycles. The minimum Gasteiger partial charge on any atom is -0.353 e. The predicted molar refractivity (Wildman–Crippen MR) is 135 cm³/mol. The van der Waals surface area contributed by atoms with Gasteiger partial charge in [0, 0.05) is 38.8 Å². The average Bonchev–Trinajstić information content (AvgIpc) is 2.84. The highest BCUT2D eigenvalue weighted by molar-refractivity contribution is 7.92. The first-order chi connectivity index (χ1) is 16.3. The summed E-state index contributed by atoms with van der Waals surface area (Å²) in [7, 11) is -3.81. The van der Waals surface area contributed by atoms with Crippen LogP contribution in [0.3, 0.4) is 0 Å². The van der Waals surface area contributed by atoms with Crippen molar-refractivity contribution in [3.63, 3.8) is 0 Å². The molecule has 0 aliphatic carbocycles. The molecule has 9 heteroatoms. The van der Waals surface area contributed by atoms with E-state index < -0.39 is 10.0 Å². The van der Waals surface area contributed by atoms with Crippen LogP contribution in [0.2, 0.25) is 0 Å². The number of piperazine rings is 1. The molecule has 0 radical (unpaired) electrons. The molecule has 2 aliphatic rings. The third-order valence-electron chi connectivity index (χ3n) is 6.69. The molecule has 2 aromatic rings. The number of nitrogens with zero attached hydrogens (tertiary/aromatic N) is 3. The van der Waals surface area contributed by atoms with Crippen molar-refractivity contribution in [3.05, 3.63) is 47.7 Å². The summed E-state index contributed by atoms with van der Waals surface area (Å²) in [5.74, 6) is 0.848. The number of carbonyl (C=O) groups is 1. The summed E-state index contributed by atoms with van der Waals surface area (Å²) < 4.78 is 28.7. The quantitative estimate of drug-likeness (QED) is 0.651. The molecule has 4 rings (SSSR count). The lowest BCUT2D eigenvalue weighted by atomic mass is 10.0. The van der Waals surface area contributed by atoms with Crippen LogP contribution in [0.5, 0.6) is 0 Å². The van der Waals surface area contributed by atoms with Crippen LogP contribution in [0.15, 0.2) is 41.4 Å². The van der Waals surface area contributed by atoms with Gasteiger partial charge in [-0.25, -0.2) is 13.4 Å². The van der Waals surface area contributed by atoms with E-state index in [0.717, 1.165) is 51.0 Å². The Bertz CT molecular complexity index is 1110. The van der Waals surface area contributed by atoms with Crippen LogP contribution in [0.25, 0.3) is 0 Å². The highest BCUT2D eigenvalue weighted by Crippen LogP contribution is 2.28. The average molecular weight is 486 g/mol. The van der Waals surface area contributed by atoms with Crippen molar-refractivity contribution >= 4 is 27.4 Å². The summed E-state index contributed by atoms with van der Waals surface area (Å²) in [4.78, 5) is 22.4. The second-order valence-electron chi connectivity index (χ2n) is 9.50. The molecule has 2 aliphatic heterocycles. The van der Waals surface area contributed by atoms with E-state index in [0.29, 0.717) is 29.5 Å². The molecule has 34 heavy (non-hydrogen) atoms. The summed E-state index contributed by atoms with van der Waals surface area (Å²) in [6.07, 6.45) is 4.57. The number of carbonyl (C=O) groups excluding carboxylic acids is 1. The van der Waals surface area contributed by atoms with Gasteiger partial charge in [0.05, 0.1) is 22.3 Å². The third kappa shape index (κ3) is 5.36. The molecule has 2 saturated heterocycles. The van der Waals surface area contributed by atoms with Crippen molar-refractivity contribution in [2.45, 2.75) is 56.9 Å². The van der Waals surface area contributed by atoms with Gasteiger partial charge in [-0.3, -0.25) is 9.52 Å². The number of amides is 1. The molecule has 1 aromatic heterocycles. The highest BCUT2D eigenvalue weighted by atomic mass is 32.2. The Labute approximate surface area is 202 Å². The van der Waals surface area contributed by atoms with Crippen molar-refractivity contribution in [3.8, 4) is 0 Å². The molecule has 3 heterocycles. The van der Waals surface area contributed by atoms with Gasteiger partial charge in [-0.2, -0.15) is 0 Å². The summed E-state index contributed by atoms with van der Waals surface area (Å²) in [5.41, 5.74) is 1.82. The van der Waals surface area contributed by atoms with Crippen LogP contribution >= 0.6 is 0 Å². The van der Waals surface area contributed by atoms with Gasteiger partial charge >= 0.3 is 0 Å². The number of nitrogens with one attached hydrogen (secondary N) is 2. The predicted octanol–water partition coefficient (Wildman–Crippen LogP) is 3.43. The second kappa shape index (κ2) is 10.3. The lowest BCUT2D eigenvalue weighted by Crippen LogP contribution is -2.46. The molecule has 1 amide bonds. The maximum absolute atomic E-state index is 13.6. The van der Waals surface area contributed by atoms with E-state index in [9.17, 15) is 13.2 Å². The fourth-order valence-electron chi connectivity index (χ4n) is 4.60. The number of anilines is 2. The maximum atomic E-state index is 13.6. The Hall–Kier alpha value is -2.65. The van der Waals surface area contributed by atoms with Crippen LogP contribution in [-0.4, -0.2) is 63.0 Å². The van der Waals surface area contributed by atoms with E-state index in [2.05, 4.69) is 40.7 Å². The van der Waals surface area contributed by atoms with Crippen molar-refractivity contribution in [1.82, 2.24) is 15.2 Å². The number of pyridine rings is 1. The monoisotopic (exact) mass is 485 g/mol. The molecule has 8 nitrogen and oxygen atoms in total. The number of sulfonamides is 1. The lowest BCUT2D eigenvalue weighted by molar-refractivity contribution is 0.0636. The summed E-state index contributed by atoms with van der Waals surface area (Å²) in [5, 5.41) is 3.32. The normalized spacial score (nSPS) is 19.4. The first kappa shape index (κ1) is 24.5. The first-order valence-electron chi connectivity index (χ1n) is 12.2. The van der Waals surface area contributed by atoms with Crippen LogP contribution in [0, 0.1) is 0 Å². The van der Waals surface area contributed by atoms with E-state index in [-0.39, 0.29) is 16.8 Å². The molecule has 0 unspecified atom stereocenters. The van der Waals surface area contributed by atoms with Gasteiger partial charge in [-0.15, -0.1) is 0 Å². The second-order valence-corrected chi connectivity index (χ2v) is 11.2. The molecule has 184 valence electrons. The molecule has 2 N–H and O–H groups in total. The smallest absolute Gasteiger partial charge is 0.261 e. The van der Waals surface area contributed by atoms with Gasteiger partial charge in [0.2, 0.25) is 0 Å². The minimum absolute atomic E-state index is 0.0874. The van der Waals surface area contributed by atoms with Gasteiger partial charge in [0.15, 0.2) is 0 Å². The molecule has 0 bridgehead atoms. The van der Waals surface area contributed by atoms with Crippen molar-refractivity contribution < 1.29 is 13.2 Å². The van der Waals surface area contributed by atoms with Crippen LogP contribution < -0.4 is 14.9 Å². The highest BCUT2D eigenvalue weighted by Gasteiger charge is 2.29. The largest absolute Gasteiger partial charge is 0.353 e. The topological polar surface area (TPSA) is 94.6 Å². The Balaban J connectivity index is 1.65. The molecule has 2 fully saturated rings. The standard InChI is InChI=1S/C25H35N5O3S/c1-18(2)20-7-9-22(10-8-20)34(32,33)28-21-16-23(25(31)30-13-5-4-6-19(30)3)24(27-17-21)29-14-11-26-12-15-29/h7-10,16-19,26,28H,4-6,11-15H2,1-3H3/t19-/m1/s1. The Kier molecular flexibility index (Phi) is 7.42. The molecule has 1 atom stereocenters. The zero-order valence-electron chi connectivity index (χ0n) is 20.3. The Morgan fingerprint density at radius 2 is 1.82 bits per heavy atom. The SMILES string of the molecule is CC(C)c1ccc(S(=O)(=O)Nc2cnc(N3CCNCC3)c(C(=O)N3CCCC[C@H]3C)c2)cc1. The molecule has 0 saturated carbocycles. The van der Waals surface area contributed by atoms with Crippen LogP contribution in [0.1, 0.15) is 61.9 Å². The third-order valence-corrected chi connectivity index (χ3v) is 8.08. The molecular weight excluding hydrogens is 450 g/mol. The van der Waals surface area contributed by atoms with Crippen LogP contribution in [-0.2, 0) is 10.0 Å². The summed E-state index contributed by atoms with van der Waals surface area (Å²) in [6, 6.07) is 8.68. The summed E-state index contributed by atoms with van der Waals surface area (Å²) in [6.45, 7) is 10.0. The number of hydrogen-bond acceptors (Lipinski definition) is 6. The Morgan fingerprint density at radius 3 is 2.47 bits per heavy atom. The van der Waals surface area contributed by atoms with Crippen LogP contribution in [0.4, 0.5) is 11.5 Å². The van der Waals surface area contributed by atoms with Gasteiger partial charge in [0.25, 0.3) is 15.9 Å². The van der Waals surface area contributed by atoms with Gasteiger partial charge in [0.1, 0.15) is 5.82 Å².